The summed E-state index contributed by atoms with van der Waals surface area (Å²) in [5.74, 6) is 2.08. The summed E-state index contributed by atoms with van der Waals surface area (Å²) in [7, 11) is 3.29. The van der Waals surface area contributed by atoms with Crippen molar-refractivity contribution in [2.45, 2.75) is 26.9 Å². The molecule has 3 N–H and O–H groups in total. The van der Waals surface area contributed by atoms with Crippen LogP contribution < -0.4 is 25.4 Å². The van der Waals surface area contributed by atoms with Crippen LogP contribution in [0.2, 0.25) is 0 Å². The molecule has 0 spiro atoms. The van der Waals surface area contributed by atoms with Gasteiger partial charge in [0.1, 0.15) is 11.5 Å². The Balaban J connectivity index is 1.79. The second kappa shape index (κ2) is 11.6. The first-order valence-corrected chi connectivity index (χ1v) is 9.62. The number of aryl methyl sites for hydroxylation is 1. The van der Waals surface area contributed by atoms with Crippen molar-refractivity contribution in [2.24, 2.45) is 4.99 Å². The second-order valence-corrected chi connectivity index (χ2v) is 6.45. The van der Waals surface area contributed by atoms with Crippen LogP contribution in [0.4, 0.5) is 0 Å². The normalized spacial score (nSPS) is 11.0. The summed E-state index contributed by atoms with van der Waals surface area (Å²) in [6.45, 7) is 5.73. The van der Waals surface area contributed by atoms with E-state index in [0.717, 1.165) is 28.2 Å². The van der Waals surface area contributed by atoms with Gasteiger partial charge in [0.2, 0.25) is 5.91 Å². The Kier molecular flexibility index (Phi) is 8.82. The first-order chi connectivity index (χ1) is 14.0. The molecule has 1 amide bonds. The summed E-state index contributed by atoms with van der Waals surface area (Å²) in [5.41, 5.74) is 3.18. The molecule has 0 bridgehead atoms. The maximum absolute atomic E-state index is 12.1. The van der Waals surface area contributed by atoms with E-state index in [9.17, 15) is 4.79 Å². The van der Waals surface area contributed by atoms with E-state index >= 15 is 0 Å². The van der Waals surface area contributed by atoms with Crippen LogP contribution in [0, 0.1) is 6.92 Å². The van der Waals surface area contributed by atoms with Crippen molar-refractivity contribution in [2.75, 3.05) is 27.3 Å². The number of carbonyl (C=O) groups is 1. The number of guanidine groups is 1. The standard InChI is InChI=1S/C22H30N4O3/c1-5-29-20-12-16(2)6-9-18(20)14-25-22(23-3)26-15-21(27)24-13-17-7-10-19(28-4)11-8-17/h6-12H,5,13-15H2,1-4H3,(H,24,27)(H2,23,25,26). The molecule has 2 aromatic rings. The average Bonchev–Trinajstić information content (AvgIpc) is 2.74. The number of nitrogens with one attached hydrogen (secondary N) is 3. The van der Waals surface area contributed by atoms with Gasteiger partial charge in [-0.1, -0.05) is 24.3 Å². The smallest absolute Gasteiger partial charge is 0.239 e. The molecule has 0 aromatic heterocycles. The van der Waals surface area contributed by atoms with Crippen molar-refractivity contribution in [3.8, 4) is 11.5 Å². The Labute approximate surface area is 172 Å². The largest absolute Gasteiger partial charge is 0.497 e. The highest BCUT2D eigenvalue weighted by molar-refractivity contribution is 5.86. The van der Waals surface area contributed by atoms with E-state index in [1.54, 1.807) is 14.2 Å². The average molecular weight is 399 g/mol. The van der Waals surface area contributed by atoms with Crippen LogP contribution in [0.15, 0.2) is 47.5 Å². The molecule has 156 valence electrons. The van der Waals surface area contributed by atoms with Gasteiger partial charge in [0.25, 0.3) is 0 Å². The molecule has 0 aliphatic rings. The Morgan fingerprint density at radius 3 is 2.45 bits per heavy atom. The van der Waals surface area contributed by atoms with E-state index in [-0.39, 0.29) is 12.5 Å². The van der Waals surface area contributed by atoms with E-state index in [1.807, 2.05) is 56.3 Å². The van der Waals surface area contributed by atoms with Gasteiger partial charge in [-0.2, -0.15) is 0 Å². The Morgan fingerprint density at radius 2 is 1.79 bits per heavy atom. The minimum absolute atomic E-state index is 0.117. The number of methoxy groups -OCH3 is 1. The van der Waals surface area contributed by atoms with Gasteiger partial charge in [0.15, 0.2) is 5.96 Å². The lowest BCUT2D eigenvalue weighted by molar-refractivity contribution is -0.120. The number of ether oxygens (including phenoxy) is 2. The van der Waals surface area contributed by atoms with Gasteiger partial charge < -0.3 is 25.4 Å². The SMILES string of the molecule is CCOc1cc(C)ccc1CNC(=NC)NCC(=O)NCc1ccc(OC)cc1. The lowest BCUT2D eigenvalue weighted by atomic mass is 10.1. The summed E-state index contributed by atoms with van der Waals surface area (Å²) in [6.07, 6.45) is 0. The molecule has 2 rings (SSSR count). The van der Waals surface area contributed by atoms with Gasteiger partial charge in [0, 0.05) is 25.7 Å². The molecule has 0 fully saturated rings. The summed E-state index contributed by atoms with van der Waals surface area (Å²) in [6, 6.07) is 13.7. The topological polar surface area (TPSA) is 84.0 Å². The van der Waals surface area contributed by atoms with Crippen molar-refractivity contribution >= 4 is 11.9 Å². The van der Waals surface area contributed by atoms with Crippen LogP contribution >= 0.6 is 0 Å². The number of hydrogen-bond acceptors (Lipinski definition) is 4. The Morgan fingerprint density at radius 1 is 1.03 bits per heavy atom. The van der Waals surface area contributed by atoms with Gasteiger partial charge in [0.05, 0.1) is 20.3 Å². The minimum atomic E-state index is -0.117. The molecular formula is C22H30N4O3. The zero-order valence-corrected chi connectivity index (χ0v) is 17.5. The van der Waals surface area contributed by atoms with Crippen molar-refractivity contribution in [1.82, 2.24) is 16.0 Å². The fraction of sp³-hybridized carbons (Fsp3) is 0.364. The summed E-state index contributed by atoms with van der Waals surface area (Å²) >= 11 is 0. The summed E-state index contributed by atoms with van der Waals surface area (Å²) in [5, 5.41) is 9.11. The number of rotatable bonds is 9. The third-order valence-corrected chi connectivity index (χ3v) is 4.26. The van der Waals surface area contributed by atoms with Gasteiger partial charge >= 0.3 is 0 Å². The van der Waals surface area contributed by atoms with E-state index in [0.29, 0.717) is 25.7 Å². The zero-order chi connectivity index (χ0) is 21.1. The zero-order valence-electron chi connectivity index (χ0n) is 17.5. The van der Waals surface area contributed by atoms with Crippen molar-refractivity contribution < 1.29 is 14.3 Å². The molecule has 0 saturated heterocycles. The molecule has 0 aliphatic heterocycles. The predicted molar refractivity (Wildman–Crippen MR) is 115 cm³/mol. The highest BCUT2D eigenvalue weighted by atomic mass is 16.5. The molecule has 0 saturated carbocycles. The van der Waals surface area contributed by atoms with Gasteiger partial charge in [-0.15, -0.1) is 0 Å². The van der Waals surface area contributed by atoms with E-state index in [1.165, 1.54) is 0 Å². The fourth-order valence-corrected chi connectivity index (χ4v) is 2.67. The van der Waals surface area contributed by atoms with Crippen molar-refractivity contribution in [3.63, 3.8) is 0 Å². The number of benzene rings is 2. The maximum atomic E-state index is 12.1. The highest BCUT2D eigenvalue weighted by Crippen LogP contribution is 2.20. The Bertz CT molecular complexity index is 819. The van der Waals surface area contributed by atoms with Gasteiger partial charge in [-0.05, 0) is 43.2 Å². The Hall–Kier alpha value is -3.22. The summed E-state index contributed by atoms with van der Waals surface area (Å²) < 4.78 is 10.8. The molecule has 2 aromatic carbocycles. The van der Waals surface area contributed by atoms with Crippen LogP contribution in [0.5, 0.6) is 11.5 Å². The second-order valence-electron chi connectivity index (χ2n) is 6.45. The molecule has 0 aliphatic carbocycles. The third-order valence-electron chi connectivity index (χ3n) is 4.26. The molecule has 0 atom stereocenters. The van der Waals surface area contributed by atoms with Crippen LogP contribution in [0.1, 0.15) is 23.6 Å². The third kappa shape index (κ3) is 7.37. The minimum Gasteiger partial charge on any atom is -0.497 e. The number of nitrogens with zero attached hydrogens (tertiary/aromatic N) is 1. The van der Waals surface area contributed by atoms with Crippen LogP contribution in [-0.2, 0) is 17.9 Å². The van der Waals surface area contributed by atoms with Crippen LogP contribution in [-0.4, -0.2) is 39.2 Å². The maximum Gasteiger partial charge on any atom is 0.239 e. The molecule has 0 heterocycles. The number of amides is 1. The van der Waals surface area contributed by atoms with Gasteiger partial charge in [-0.3, -0.25) is 9.79 Å². The first kappa shape index (κ1) is 22.1. The number of aliphatic imine (C=N–C) groups is 1. The van der Waals surface area contributed by atoms with Gasteiger partial charge in [-0.25, -0.2) is 0 Å². The number of carbonyl (C=O) groups excluding carboxylic acids is 1. The molecule has 0 radical (unpaired) electrons. The van der Waals surface area contributed by atoms with Crippen molar-refractivity contribution in [3.05, 3.63) is 59.2 Å². The lowest BCUT2D eigenvalue weighted by Crippen LogP contribution is -2.42. The fourth-order valence-electron chi connectivity index (χ4n) is 2.67. The first-order valence-electron chi connectivity index (χ1n) is 9.62. The molecule has 29 heavy (non-hydrogen) atoms. The van der Waals surface area contributed by atoms with E-state index in [2.05, 4.69) is 20.9 Å². The van der Waals surface area contributed by atoms with E-state index < -0.39 is 0 Å². The molecule has 7 heteroatoms. The summed E-state index contributed by atoms with van der Waals surface area (Å²) in [4.78, 5) is 16.3. The lowest BCUT2D eigenvalue weighted by Gasteiger charge is -2.15. The quantitative estimate of drug-likeness (QED) is 0.446. The predicted octanol–water partition coefficient (Wildman–Crippen LogP) is 2.38. The van der Waals surface area contributed by atoms with Crippen LogP contribution in [0.3, 0.4) is 0 Å². The number of hydrogen-bond donors (Lipinski definition) is 3. The molecule has 7 nitrogen and oxygen atoms in total. The highest BCUT2D eigenvalue weighted by Gasteiger charge is 2.07. The van der Waals surface area contributed by atoms with Crippen molar-refractivity contribution in [1.29, 1.82) is 0 Å². The van der Waals surface area contributed by atoms with E-state index in [4.69, 9.17) is 9.47 Å². The monoisotopic (exact) mass is 398 g/mol. The molecule has 0 unspecified atom stereocenters. The molecular weight excluding hydrogens is 368 g/mol. The van der Waals surface area contributed by atoms with Crippen LogP contribution in [0.25, 0.3) is 0 Å².